The van der Waals surface area contributed by atoms with Crippen LogP contribution < -0.4 is 0 Å². The van der Waals surface area contributed by atoms with Gasteiger partial charge in [-0.15, -0.1) is 11.6 Å². The Morgan fingerprint density at radius 3 is 2.92 bits per heavy atom. The van der Waals surface area contributed by atoms with Crippen molar-refractivity contribution in [1.29, 1.82) is 0 Å². The smallest absolute Gasteiger partial charge is 0.0589 e. The van der Waals surface area contributed by atoms with Crippen molar-refractivity contribution < 1.29 is 5.11 Å². The van der Waals surface area contributed by atoms with Gasteiger partial charge in [0.25, 0.3) is 0 Å². The zero-order valence-electron chi connectivity index (χ0n) is 7.67. The van der Waals surface area contributed by atoms with Crippen LogP contribution in [0.4, 0.5) is 0 Å². The maximum Gasteiger partial charge on any atom is 0.0589 e. The first-order valence-corrected chi connectivity index (χ1v) is 5.24. The minimum Gasteiger partial charge on any atom is -0.395 e. The van der Waals surface area contributed by atoms with E-state index in [0.29, 0.717) is 18.6 Å². The summed E-state index contributed by atoms with van der Waals surface area (Å²) in [6, 6.07) is 0.383. The molecule has 2 atom stereocenters. The number of aliphatic hydroxyl groups is 1. The van der Waals surface area contributed by atoms with Crippen LogP contribution in [-0.2, 0) is 0 Å². The molecule has 1 aliphatic heterocycles. The summed E-state index contributed by atoms with van der Waals surface area (Å²) in [6.45, 7) is 4.67. The topological polar surface area (TPSA) is 23.5 Å². The summed E-state index contributed by atoms with van der Waals surface area (Å²) in [5.41, 5.74) is 0. The van der Waals surface area contributed by atoms with Crippen LogP contribution in [0.25, 0.3) is 0 Å². The Kier molecular flexibility index (Phi) is 4.33. The molecule has 1 saturated heterocycles. The highest BCUT2D eigenvalue weighted by atomic mass is 35.5. The van der Waals surface area contributed by atoms with Crippen molar-refractivity contribution in [2.45, 2.75) is 25.8 Å². The fraction of sp³-hybridized carbons (Fsp3) is 1.00. The van der Waals surface area contributed by atoms with Crippen LogP contribution >= 0.6 is 11.6 Å². The van der Waals surface area contributed by atoms with Crippen LogP contribution in [0, 0.1) is 5.92 Å². The average molecular weight is 192 g/mol. The van der Waals surface area contributed by atoms with Gasteiger partial charge in [0.15, 0.2) is 0 Å². The minimum atomic E-state index is 0.295. The molecule has 2 unspecified atom stereocenters. The third kappa shape index (κ3) is 2.35. The van der Waals surface area contributed by atoms with E-state index in [2.05, 4.69) is 11.8 Å². The molecule has 0 saturated carbocycles. The number of rotatable bonds is 4. The molecule has 12 heavy (non-hydrogen) atoms. The van der Waals surface area contributed by atoms with E-state index >= 15 is 0 Å². The van der Waals surface area contributed by atoms with E-state index in [1.807, 2.05) is 0 Å². The number of hydrogen-bond acceptors (Lipinski definition) is 2. The molecule has 1 aliphatic rings. The molecule has 1 fully saturated rings. The number of hydrogen-bond donors (Lipinski definition) is 1. The second-order valence-corrected chi connectivity index (χ2v) is 3.97. The molecule has 0 amide bonds. The fourth-order valence-electron chi connectivity index (χ4n) is 1.92. The highest BCUT2D eigenvalue weighted by molar-refractivity contribution is 6.17. The normalized spacial score (nSPS) is 31.2. The first kappa shape index (κ1) is 10.3. The van der Waals surface area contributed by atoms with Crippen molar-refractivity contribution in [3.63, 3.8) is 0 Å². The summed E-state index contributed by atoms with van der Waals surface area (Å²) >= 11 is 5.62. The summed E-state index contributed by atoms with van der Waals surface area (Å²) < 4.78 is 0. The molecule has 0 aliphatic carbocycles. The van der Waals surface area contributed by atoms with Gasteiger partial charge in [-0.05, 0) is 31.8 Å². The van der Waals surface area contributed by atoms with Crippen molar-refractivity contribution in [3.8, 4) is 0 Å². The molecule has 2 nitrogen and oxygen atoms in total. The lowest BCUT2D eigenvalue weighted by atomic mass is 10.0. The van der Waals surface area contributed by atoms with Crippen LogP contribution in [0.15, 0.2) is 0 Å². The van der Waals surface area contributed by atoms with Gasteiger partial charge in [-0.3, -0.25) is 4.90 Å². The average Bonchev–Trinajstić information content (AvgIpc) is 2.43. The first-order chi connectivity index (χ1) is 5.79. The number of aliphatic hydroxyl groups excluding tert-OH is 1. The number of halogens is 1. The predicted molar refractivity (Wildman–Crippen MR) is 51.6 cm³/mol. The number of alkyl halides is 1. The Morgan fingerprint density at radius 2 is 2.33 bits per heavy atom. The molecule has 1 heterocycles. The van der Waals surface area contributed by atoms with Crippen LogP contribution in [0.1, 0.15) is 19.8 Å². The lowest BCUT2D eigenvalue weighted by Crippen LogP contribution is -2.35. The molecule has 0 aromatic carbocycles. The number of likely N-dealkylation sites (tertiary alicyclic amines) is 1. The predicted octanol–water partition coefficient (Wildman–Crippen LogP) is 1.32. The molecule has 72 valence electrons. The maximum absolute atomic E-state index is 9.13. The molecule has 1 rings (SSSR count). The van der Waals surface area contributed by atoms with E-state index in [1.165, 1.54) is 6.42 Å². The molecule has 1 N–H and O–H groups in total. The van der Waals surface area contributed by atoms with Gasteiger partial charge in [-0.25, -0.2) is 0 Å². The Bertz CT molecular complexity index is 132. The zero-order valence-corrected chi connectivity index (χ0v) is 8.43. The highest BCUT2D eigenvalue weighted by Gasteiger charge is 2.29. The van der Waals surface area contributed by atoms with Gasteiger partial charge >= 0.3 is 0 Å². The molecule has 0 spiro atoms. The van der Waals surface area contributed by atoms with Gasteiger partial charge in [0, 0.05) is 11.9 Å². The molecule has 3 heteroatoms. The van der Waals surface area contributed by atoms with Crippen LogP contribution in [0.5, 0.6) is 0 Å². The Morgan fingerprint density at radius 1 is 1.58 bits per heavy atom. The largest absolute Gasteiger partial charge is 0.395 e. The summed E-state index contributed by atoms with van der Waals surface area (Å²) in [6.07, 6.45) is 2.25. The van der Waals surface area contributed by atoms with Crippen molar-refractivity contribution in [2.75, 3.05) is 25.6 Å². The number of nitrogens with zero attached hydrogens (tertiary/aromatic N) is 1. The van der Waals surface area contributed by atoms with Gasteiger partial charge in [-0.1, -0.05) is 6.92 Å². The SMILES string of the molecule is CC1CCN(CCCCl)C1CO. The zero-order chi connectivity index (χ0) is 8.97. The Balaban J connectivity index is 2.32. The Hall–Kier alpha value is 0.210. The van der Waals surface area contributed by atoms with Gasteiger partial charge in [0.05, 0.1) is 6.61 Å². The van der Waals surface area contributed by atoms with Crippen molar-refractivity contribution in [3.05, 3.63) is 0 Å². The third-order valence-corrected chi connectivity index (χ3v) is 3.03. The van der Waals surface area contributed by atoms with E-state index in [4.69, 9.17) is 16.7 Å². The van der Waals surface area contributed by atoms with Crippen LogP contribution in [0.2, 0.25) is 0 Å². The van der Waals surface area contributed by atoms with E-state index < -0.39 is 0 Å². The molecular formula is C9H18ClNO. The summed E-state index contributed by atoms with van der Waals surface area (Å²) in [5.74, 6) is 1.37. The third-order valence-electron chi connectivity index (χ3n) is 2.76. The summed E-state index contributed by atoms with van der Waals surface area (Å²) in [4.78, 5) is 2.35. The Labute approximate surface area is 79.5 Å². The van der Waals surface area contributed by atoms with Crippen molar-refractivity contribution >= 4 is 11.6 Å². The molecule has 0 aromatic heterocycles. The molecular weight excluding hydrogens is 174 g/mol. The van der Waals surface area contributed by atoms with Gasteiger partial charge in [-0.2, -0.15) is 0 Å². The van der Waals surface area contributed by atoms with E-state index in [9.17, 15) is 0 Å². The fourth-order valence-corrected chi connectivity index (χ4v) is 2.04. The van der Waals surface area contributed by atoms with Gasteiger partial charge in [0.1, 0.15) is 0 Å². The lowest BCUT2D eigenvalue weighted by molar-refractivity contribution is 0.140. The first-order valence-electron chi connectivity index (χ1n) is 4.70. The summed E-state index contributed by atoms with van der Waals surface area (Å²) in [7, 11) is 0. The van der Waals surface area contributed by atoms with Crippen molar-refractivity contribution in [2.24, 2.45) is 5.92 Å². The monoisotopic (exact) mass is 191 g/mol. The van der Waals surface area contributed by atoms with Crippen molar-refractivity contribution in [1.82, 2.24) is 4.90 Å². The highest BCUT2D eigenvalue weighted by Crippen LogP contribution is 2.23. The van der Waals surface area contributed by atoms with E-state index in [-0.39, 0.29) is 0 Å². The van der Waals surface area contributed by atoms with Crippen LogP contribution in [-0.4, -0.2) is 41.6 Å². The van der Waals surface area contributed by atoms with Crippen LogP contribution in [0.3, 0.4) is 0 Å². The standard InChI is InChI=1S/C9H18ClNO/c1-8-3-6-11(5-2-4-10)9(8)7-12/h8-9,12H,2-7H2,1H3. The second-order valence-electron chi connectivity index (χ2n) is 3.59. The van der Waals surface area contributed by atoms with Gasteiger partial charge in [0.2, 0.25) is 0 Å². The molecule has 0 aromatic rings. The van der Waals surface area contributed by atoms with Gasteiger partial charge < -0.3 is 5.11 Å². The summed E-state index contributed by atoms with van der Waals surface area (Å²) in [5, 5.41) is 9.13. The quantitative estimate of drug-likeness (QED) is 0.678. The maximum atomic E-state index is 9.13. The van der Waals surface area contributed by atoms with E-state index in [1.54, 1.807) is 0 Å². The van der Waals surface area contributed by atoms with E-state index in [0.717, 1.165) is 25.4 Å². The minimum absolute atomic E-state index is 0.295. The second kappa shape index (κ2) is 5.05. The molecule has 0 radical (unpaired) electrons. The lowest BCUT2D eigenvalue weighted by Gasteiger charge is -2.24. The molecule has 0 bridgehead atoms.